The average Bonchev–Trinajstić information content (AvgIpc) is 3.28. The van der Waals surface area contributed by atoms with Crippen LogP contribution in [0.25, 0.3) is 5.69 Å². The van der Waals surface area contributed by atoms with E-state index in [0.717, 1.165) is 35.9 Å². The number of amides is 2. The summed E-state index contributed by atoms with van der Waals surface area (Å²) in [7, 11) is 0. The van der Waals surface area contributed by atoms with Crippen LogP contribution in [-0.2, 0) is 13.1 Å². The van der Waals surface area contributed by atoms with E-state index >= 15 is 0 Å². The molecule has 2 heterocycles. The first-order valence-corrected chi connectivity index (χ1v) is 11.0. The number of halogens is 1. The van der Waals surface area contributed by atoms with Gasteiger partial charge < -0.3 is 15.0 Å². The number of ether oxygens (including phenoxy) is 1. The van der Waals surface area contributed by atoms with E-state index in [1.165, 1.54) is 0 Å². The molecule has 32 heavy (non-hydrogen) atoms. The third-order valence-electron chi connectivity index (χ3n) is 5.31. The van der Waals surface area contributed by atoms with Crippen LogP contribution in [0.5, 0.6) is 5.75 Å². The summed E-state index contributed by atoms with van der Waals surface area (Å²) in [4.78, 5) is 16.6. The first-order chi connectivity index (χ1) is 15.6. The largest absolute Gasteiger partial charge is 0.494 e. The summed E-state index contributed by atoms with van der Waals surface area (Å²) < 4.78 is 7.23. The van der Waals surface area contributed by atoms with E-state index in [-0.39, 0.29) is 6.03 Å². The number of aromatic nitrogens is 4. The molecule has 1 N–H and O–H groups in total. The van der Waals surface area contributed by atoms with Gasteiger partial charge in [0, 0.05) is 37.7 Å². The van der Waals surface area contributed by atoms with Crippen molar-refractivity contribution in [2.24, 2.45) is 0 Å². The molecule has 10 heteroatoms. The maximum atomic E-state index is 12.5. The van der Waals surface area contributed by atoms with Crippen LogP contribution in [0.2, 0.25) is 5.02 Å². The fraction of sp³-hybridized carbons (Fsp3) is 0.364. The molecule has 1 aliphatic heterocycles. The second kappa shape index (κ2) is 10.4. The van der Waals surface area contributed by atoms with Crippen LogP contribution in [0.1, 0.15) is 18.3 Å². The minimum absolute atomic E-state index is 0.0566. The SMILES string of the molecule is CCOc1ccc(-n2nnnc2CN2CCN(C(=O)NCc3ccc(Cl)cc3)CC2)cc1. The molecule has 2 amide bonds. The first kappa shape index (κ1) is 22.0. The number of rotatable bonds is 7. The van der Waals surface area contributed by atoms with Crippen molar-refractivity contribution in [3.8, 4) is 11.4 Å². The predicted octanol–water partition coefficient (Wildman–Crippen LogP) is 2.74. The van der Waals surface area contributed by atoms with Crippen LogP contribution in [0.3, 0.4) is 0 Å². The summed E-state index contributed by atoms with van der Waals surface area (Å²) in [6, 6.07) is 15.1. The van der Waals surface area contributed by atoms with Gasteiger partial charge in [-0.15, -0.1) is 5.10 Å². The van der Waals surface area contributed by atoms with Crippen LogP contribution < -0.4 is 10.1 Å². The molecule has 0 bridgehead atoms. The zero-order valence-corrected chi connectivity index (χ0v) is 18.7. The Morgan fingerprint density at radius 2 is 1.78 bits per heavy atom. The van der Waals surface area contributed by atoms with Gasteiger partial charge in [0.25, 0.3) is 0 Å². The highest BCUT2D eigenvalue weighted by atomic mass is 35.5. The maximum absolute atomic E-state index is 12.5. The Morgan fingerprint density at radius 1 is 1.06 bits per heavy atom. The fourth-order valence-electron chi connectivity index (χ4n) is 3.56. The lowest BCUT2D eigenvalue weighted by molar-refractivity contribution is 0.133. The summed E-state index contributed by atoms with van der Waals surface area (Å²) in [5, 5.41) is 15.8. The molecule has 1 saturated heterocycles. The monoisotopic (exact) mass is 455 g/mol. The molecule has 0 saturated carbocycles. The zero-order valence-electron chi connectivity index (χ0n) is 17.9. The van der Waals surface area contributed by atoms with E-state index in [9.17, 15) is 4.79 Å². The highest BCUT2D eigenvalue weighted by Gasteiger charge is 2.22. The Morgan fingerprint density at radius 3 is 2.47 bits per heavy atom. The number of nitrogens with zero attached hydrogens (tertiary/aromatic N) is 6. The molecule has 1 fully saturated rings. The normalized spacial score (nSPS) is 14.4. The average molecular weight is 456 g/mol. The van der Waals surface area contributed by atoms with Crippen LogP contribution in [0, 0.1) is 0 Å². The van der Waals surface area contributed by atoms with E-state index in [2.05, 4.69) is 25.7 Å². The quantitative estimate of drug-likeness (QED) is 0.589. The first-order valence-electron chi connectivity index (χ1n) is 10.6. The van der Waals surface area contributed by atoms with Crippen LogP contribution >= 0.6 is 11.6 Å². The summed E-state index contributed by atoms with van der Waals surface area (Å²) in [5.41, 5.74) is 1.90. The third-order valence-corrected chi connectivity index (χ3v) is 5.56. The number of benzene rings is 2. The van der Waals surface area contributed by atoms with E-state index in [1.807, 2.05) is 60.4 Å². The molecule has 2 aromatic carbocycles. The standard InChI is InChI=1S/C22H26ClN7O2/c1-2-32-20-9-7-19(8-10-20)30-21(25-26-27-30)16-28-11-13-29(14-12-28)22(31)24-15-17-3-5-18(23)6-4-17/h3-10H,2,11-16H2,1H3,(H,24,31). The minimum atomic E-state index is -0.0566. The van der Waals surface area contributed by atoms with Gasteiger partial charge in [0.1, 0.15) is 5.75 Å². The van der Waals surface area contributed by atoms with Gasteiger partial charge in [0.15, 0.2) is 5.82 Å². The number of urea groups is 1. The molecule has 0 atom stereocenters. The molecule has 9 nitrogen and oxygen atoms in total. The summed E-state index contributed by atoms with van der Waals surface area (Å²) in [6.45, 7) is 6.48. The molecule has 0 spiro atoms. The van der Waals surface area contributed by atoms with E-state index in [0.29, 0.717) is 37.8 Å². The van der Waals surface area contributed by atoms with Crippen LogP contribution in [0.4, 0.5) is 4.79 Å². The van der Waals surface area contributed by atoms with Crippen molar-refractivity contribution in [1.82, 2.24) is 35.3 Å². The van der Waals surface area contributed by atoms with E-state index in [1.54, 1.807) is 4.68 Å². The summed E-state index contributed by atoms with van der Waals surface area (Å²) in [5.74, 6) is 1.58. The number of nitrogens with one attached hydrogen (secondary N) is 1. The highest BCUT2D eigenvalue weighted by Crippen LogP contribution is 2.16. The smallest absolute Gasteiger partial charge is 0.317 e. The van der Waals surface area contributed by atoms with Gasteiger partial charge in [-0.2, -0.15) is 4.68 Å². The molecule has 1 aromatic heterocycles. The molecule has 0 unspecified atom stereocenters. The highest BCUT2D eigenvalue weighted by molar-refractivity contribution is 6.30. The van der Waals surface area contributed by atoms with Gasteiger partial charge in [0.2, 0.25) is 0 Å². The maximum Gasteiger partial charge on any atom is 0.317 e. The van der Waals surface area contributed by atoms with Crippen molar-refractivity contribution in [1.29, 1.82) is 0 Å². The van der Waals surface area contributed by atoms with Crippen molar-refractivity contribution >= 4 is 17.6 Å². The van der Waals surface area contributed by atoms with E-state index in [4.69, 9.17) is 16.3 Å². The lowest BCUT2D eigenvalue weighted by Gasteiger charge is -2.34. The van der Waals surface area contributed by atoms with Crippen molar-refractivity contribution < 1.29 is 9.53 Å². The third kappa shape index (κ3) is 5.54. The number of hydrogen-bond acceptors (Lipinski definition) is 6. The van der Waals surface area contributed by atoms with Gasteiger partial charge in [-0.3, -0.25) is 4.90 Å². The Bertz CT molecular complexity index is 1020. The van der Waals surface area contributed by atoms with Crippen LogP contribution in [0.15, 0.2) is 48.5 Å². The van der Waals surface area contributed by atoms with E-state index < -0.39 is 0 Å². The summed E-state index contributed by atoms with van der Waals surface area (Å²) >= 11 is 5.90. The lowest BCUT2D eigenvalue weighted by Crippen LogP contribution is -2.51. The van der Waals surface area contributed by atoms with Crippen molar-refractivity contribution in [2.45, 2.75) is 20.0 Å². The Kier molecular flexibility index (Phi) is 7.18. The second-order valence-electron chi connectivity index (χ2n) is 7.48. The molecular formula is C22H26ClN7O2. The van der Waals surface area contributed by atoms with Crippen molar-refractivity contribution in [3.63, 3.8) is 0 Å². The Balaban J connectivity index is 1.27. The van der Waals surface area contributed by atoms with Gasteiger partial charge in [-0.1, -0.05) is 23.7 Å². The Hall–Kier alpha value is -3.17. The number of carbonyl (C=O) groups excluding carboxylic acids is 1. The number of tetrazole rings is 1. The second-order valence-corrected chi connectivity index (χ2v) is 7.92. The molecule has 1 aliphatic rings. The lowest BCUT2D eigenvalue weighted by atomic mass is 10.2. The number of piperazine rings is 1. The van der Waals surface area contributed by atoms with Gasteiger partial charge in [0.05, 0.1) is 18.8 Å². The van der Waals surface area contributed by atoms with Gasteiger partial charge >= 0.3 is 6.03 Å². The predicted molar refractivity (Wildman–Crippen MR) is 121 cm³/mol. The Labute approximate surface area is 191 Å². The van der Waals surface area contributed by atoms with Gasteiger partial charge in [-0.25, -0.2) is 4.79 Å². The van der Waals surface area contributed by atoms with Crippen molar-refractivity contribution in [3.05, 3.63) is 64.9 Å². The molecule has 0 aliphatic carbocycles. The number of carbonyl (C=O) groups is 1. The zero-order chi connectivity index (χ0) is 22.3. The molecule has 4 rings (SSSR count). The van der Waals surface area contributed by atoms with Crippen LogP contribution in [-0.4, -0.2) is 68.8 Å². The topological polar surface area (TPSA) is 88.4 Å². The molecule has 168 valence electrons. The summed E-state index contributed by atoms with van der Waals surface area (Å²) in [6.07, 6.45) is 0. The van der Waals surface area contributed by atoms with Crippen molar-refractivity contribution in [2.75, 3.05) is 32.8 Å². The minimum Gasteiger partial charge on any atom is -0.494 e. The molecule has 3 aromatic rings. The molecule has 0 radical (unpaired) electrons. The fourth-order valence-corrected chi connectivity index (χ4v) is 3.68. The molecular weight excluding hydrogens is 430 g/mol. The van der Waals surface area contributed by atoms with Gasteiger partial charge in [-0.05, 0) is 59.3 Å². The number of hydrogen-bond donors (Lipinski definition) is 1.